The van der Waals surface area contributed by atoms with E-state index in [4.69, 9.17) is 23.2 Å². The van der Waals surface area contributed by atoms with Gasteiger partial charge in [-0.3, -0.25) is 4.79 Å². The van der Waals surface area contributed by atoms with Gasteiger partial charge in [-0.15, -0.1) is 0 Å². The molecule has 0 fully saturated rings. The molecule has 0 spiro atoms. The predicted molar refractivity (Wildman–Crippen MR) is 106 cm³/mol. The molecule has 138 valence electrons. The molecule has 7 heteroatoms. The van der Waals surface area contributed by atoms with Crippen LogP contribution in [0.3, 0.4) is 0 Å². The molecule has 0 heterocycles. The van der Waals surface area contributed by atoms with E-state index in [-0.39, 0.29) is 18.0 Å². The molecule has 0 saturated carbocycles. The predicted octanol–water partition coefficient (Wildman–Crippen LogP) is 4.50. The maximum atomic E-state index is 12.0. The molecule has 3 N–H and O–H groups in total. The Morgan fingerprint density at radius 3 is 2.35 bits per heavy atom. The van der Waals surface area contributed by atoms with Crippen LogP contribution in [0.4, 0.5) is 10.5 Å². The standard InChI is InChI=1S/C19H21Cl2N3O2/c1-12(2)23-18(25)14-4-7-16(8-5-14)24-19(26)22-10-9-13-3-6-15(20)11-17(13)21/h3-8,11-12H,9-10H2,1-2H3,(H,23,25)(H2,22,24,26). The summed E-state index contributed by atoms with van der Waals surface area (Å²) in [5.41, 5.74) is 2.06. The number of hydrogen-bond acceptors (Lipinski definition) is 2. The molecular weight excluding hydrogens is 373 g/mol. The highest BCUT2D eigenvalue weighted by molar-refractivity contribution is 6.35. The van der Waals surface area contributed by atoms with E-state index in [1.165, 1.54) is 0 Å². The smallest absolute Gasteiger partial charge is 0.319 e. The summed E-state index contributed by atoms with van der Waals surface area (Å²) in [5.74, 6) is -0.143. The third kappa shape index (κ3) is 6.24. The van der Waals surface area contributed by atoms with Crippen molar-refractivity contribution in [2.24, 2.45) is 0 Å². The number of carbonyl (C=O) groups is 2. The topological polar surface area (TPSA) is 70.2 Å². The first-order valence-electron chi connectivity index (χ1n) is 8.25. The summed E-state index contributed by atoms with van der Waals surface area (Å²) in [6, 6.07) is 11.7. The summed E-state index contributed by atoms with van der Waals surface area (Å²) in [6.07, 6.45) is 0.595. The number of carbonyl (C=O) groups excluding carboxylic acids is 2. The van der Waals surface area contributed by atoms with Crippen LogP contribution in [-0.2, 0) is 6.42 Å². The maximum absolute atomic E-state index is 12.0. The largest absolute Gasteiger partial charge is 0.350 e. The second-order valence-electron chi connectivity index (χ2n) is 6.07. The summed E-state index contributed by atoms with van der Waals surface area (Å²) >= 11 is 12.0. The molecule has 0 aliphatic heterocycles. The van der Waals surface area contributed by atoms with E-state index in [9.17, 15) is 9.59 Å². The maximum Gasteiger partial charge on any atom is 0.319 e. The van der Waals surface area contributed by atoms with Crippen molar-refractivity contribution in [2.75, 3.05) is 11.9 Å². The minimum atomic E-state index is -0.325. The zero-order valence-electron chi connectivity index (χ0n) is 14.6. The molecule has 0 radical (unpaired) electrons. The van der Waals surface area contributed by atoms with Gasteiger partial charge in [0.05, 0.1) is 0 Å². The monoisotopic (exact) mass is 393 g/mol. The van der Waals surface area contributed by atoms with Crippen LogP contribution in [0.25, 0.3) is 0 Å². The van der Waals surface area contributed by atoms with Crippen molar-refractivity contribution in [3.05, 3.63) is 63.6 Å². The molecule has 0 bridgehead atoms. The van der Waals surface area contributed by atoms with Gasteiger partial charge in [0.25, 0.3) is 5.91 Å². The summed E-state index contributed by atoms with van der Waals surface area (Å²) in [5, 5.41) is 9.46. The van der Waals surface area contributed by atoms with E-state index in [0.29, 0.717) is 34.3 Å². The van der Waals surface area contributed by atoms with Crippen LogP contribution in [0.15, 0.2) is 42.5 Å². The fraction of sp³-hybridized carbons (Fsp3) is 0.263. The van der Waals surface area contributed by atoms with Gasteiger partial charge in [0, 0.05) is 33.9 Å². The van der Waals surface area contributed by atoms with E-state index in [0.717, 1.165) is 5.56 Å². The first-order chi connectivity index (χ1) is 12.3. The summed E-state index contributed by atoms with van der Waals surface area (Å²) in [7, 11) is 0. The normalized spacial score (nSPS) is 10.5. The van der Waals surface area contributed by atoms with Gasteiger partial charge in [-0.05, 0) is 62.2 Å². The van der Waals surface area contributed by atoms with Crippen molar-refractivity contribution in [2.45, 2.75) is 26.3 Å². The lowest BCUT2D eigenvalue weighted by molar-refractivity contribution is 0.0943. The van der Waals surface area contributed by atoms with Crippen molar-refractivity contribution in [1.82, 2.24) is 10.6 Å². The molecule has 2 rings (SSSR count). The van der Waals surface area contributed by atoms with Crippen molar-refractivity contribution < 1.29 is 9.59 Å². The van der Waals surface area contributed by atoms with Crippen LogP contribution in [-0.4, -0.2) is 24.5 Å². The third-order valence-electron chi connectivity index (χ3n) is 3.52. The zero-order valence-corrected chi connectivity index (χ0v) is 16.1. The van der Waals surface area contributed by atoms with Gasteiger partial charge < -0.3 is 16.0 Å². The molecule has 0 aromatic heterocycles. The molecule has 2 aromatic carbocycles. The zero-order chi connectivity index (χ0) is 19.1. The molecule has 0 unspecified atom stereocenters. The van der Waals surface area contributed by atoms with Crippen molar-refractivity contribution in [3.63, 3.8) is 0 Å². The van der Waals surface area contributed by atoms with Crippen LogP contribution in [0.5, 0.6) is 0 Å². The Labute approximate surface area is 163 Å². The molecule has 0 aliphatic rings. The fourth-order valence-corrected chi connectivity index (χ4v) is 2.76. The highest BCUT2D eigenvalue weighted by Crippen LogP contribution is 2.21. The average Bonchev–Trinajstić information content (AvgIpc) is 2.57. The lowest BCUT2D eigenvalue weighted by Crippen LogP contribution is -2.31. The lowest BCUT2D eigenvalue weighted by atomic mass is 10.1. The summed E-state index contributed by atoms with van der Waals surface area (Å²) in [6.45, 7) is 4.23. The Morgan fingerprint density at radius 1 is 1.04 bits per heavy atom. The molecular formula is C19H21Cl2N3O2. The van der Waals surface area contributed by atoms with Gasteiger partial charge >= 0.3 is 6.03 Å². The number of anilines is 1. The molecule has 5 nitrogen and oxygen atoms in total. The van der Waals surface area contributed by atoms with Crippen molar-refractivity contribution in [3.8, 4) is 0 Å². The van der Waals surface area contributed by atoms with Crippen LogP contribution in [0.2, 0.25) is 10.0 Å². The molecule has 26 heavy (non-hydrogen) atoms. The fourth-order valence-electron chi connectivity index (χ4n) is 2.26. The number of amides is 3. The minimum absolute atomic E-state index is 0.0697. The molecule has 0 saturated heterocycles. The second kappa shape index (κ2) is 9.46. The first-order valence-corrected chi connectivity index (χ1v) is 9.00. The SMILES string of the molecule is CC(C)NC(=O)c1ccc(NC(=O)NCCc2ccc(Cl)cc2Cl)cc1. The Kier molecular flexibility index (Phi) is 7.30. The molecule has 3 amide bonds. The Bertz CT molecular complexity index is 777. The van der Waals surface area contributed by atoms with Gasteiger partial charge in [0.15, 0.2) is 0 Å². The van der Waals surface area contributed by atoms with E-state index in [1.54, 1.807) is 36.4 Å². The first kappa shape index (κ1) is 20.1. The second-order valence-corrected chi connectivity index (χ2v) is 6.92. The van der Waals surface area contributed by atoms with Crippen LogP contribution >= 0.6 is 23.2 Å². The van der Waals surface area contributed by atoms with Crippen LogP contribution < -0.4 is 16.0 Å². The molecule has 0 aliphatic carbocycles. The number of halogens is 2. The van der Waals surface area contributed by atoms with Gasteiger partial charge in [-0.25, -0.2) is 4.79 Å². The number of nitrogens with one attached hydrogen (secondary N) is 3. The highest BCUT2D eigenvalue weighted by atomic mass is 35.5. The van der Waals surface area contributed by atoms with E-state index < -0.39 is 0 Å². The number of urea groups is 1. The van der Waals surface area contributed by atoms with E-state index in [1.807, 2.05) is 19.9 Å². The van der Waals surface area contributed by atoms with Gasteiger partial charge in [0.1, 0.15) is 0 Å². The third-order valence-corrected chi connectivity index (χ3v) is 4.11. The number of hydrogen-bond donors (Lipinski definition) is 3. The average molecular weight is 394 g/mol. The number of benzene rings is 2. The molecule has 2 aromatic rings. The van der Waals surface area contributed by atoms with Crippen molar-refractivity contribution in [1.29, 1.82) is 0 Å². The van der Waals surface area contributed by atoms with E-state index >= 15 is 0 Å². The Balaban J connectivity index is 1.81. The van der Waals surface area contributed by atoms with Gasteiger partial charge in [-0.1, -0.05) is 29.3 Å². The highest BCUT2D eigenvalue weighted by Gasteiger charge is 2.08. The van der Waals surface area contributed by atoms with Crippen LogP contribution in [0.1, 0.15) is 29.8 Å². The number of rotatable bonds is 6. The molecule has 0 atom stereocenters. The van der Waals surface area contributed by atoms with Gasteiger partial charge in [-0.2, -0.15) is 0 Å². The van der Waals surface area contributed by atoms with Crippen LogP contribution in [0, 0.1) is 0 Å². The van der Waals surface area contributed by atoms with E-state index in [2.05, 4.69) is 16.0 Å². The van der Waals surface area contributed by atoms with Gasteiger partial charge in [0.2, 0.25) is 0 Å². The lowest BCUT2D eigenvalue weighted by Gasteiger charge is -2.10. The Morgan fingerprint density at radius 2 is 1.73 bits per heavy atom. The Hall–Kier alpha value is -2.24. The summed E-state index contributed by atoms with van der Waals surface area (Å²) in [4.78, 5) is 23.8. The summed E-state index contributed by atoms with van der Waals surface area (Å²) < 4.78 is 0. The minimum Gasteiger partial charge on any atom is -0.350 e. The quantitative estimate of drug-likeness (QED) is 0.676. The van der Waals surface area contributed by atoms with Crippen molar-refractivity contribution >= 4 is 40.8 Å².